The first-order valence-corrected chi connectivity index (χ1v) is 10.5. The molecule has 5 rings (SSSR count). The number of nitro groups is 1. The monoisotopic (exact) mass is 453 g/mol. The molecular weight excluding hydrogens is 434 g/mol. The molecule has 0 aliphatic rings. The molecule has 2 heterocycles. The van der Waals surface area contributed by atoms with Crippen molar-refractivity contribution in [1.29, 1.82) is 0 Å². The number of amides is 1. The number of nitrogens with one attached hydrogen (secondary N) is 1. The molecule has 1 amide bonds. The lowest BCUT2D eigenvalue weighted by molar-refractivity contribution is -0.384. The Labute approximate surface area is 193 Å². The number of fused-ring (bicyclic) bond motifs is 1. The second kappa shape index (κ2) is 8.28. The average molecular weight is 453 g/mol. The second-order valence-electron chi connectivity index (χ2n) is 7.85. The van der Waals surface area contributed by atoms with Crippen LogP contribution in [0.25, 0.3) is 28.0 Å². The molecule has 0 atom stereocenters. The molecule has 168 valence electrons. The summed E-state index contributed by atoms with van der Waals surface area (Å²) in [6, 6.07) is 20.9. The van der Waals surface area contributed by atoms with Crippen molar-refractivity contribution in [3.8, 4) is 17.0 Å². The molecule has 0 unspecified atom stereocenters. The quantitative estimate of drug-likeness (QED) is 0.279. The van der Waals surface area contributed by atoms with Gasteiger partial charge in [0.15, 0.2) is 5.76 Å². The zero-order chi connectivity index (χ0) is 23.8. The SMILES string of the molecule is Cc1ccc(-n2nc3ccccc3n2)cc1NC(=O)c1ccc(-c2ccc([N+](=O)[O-])cc2C)o1. The van der Waals surface area contributed by atoms with Crippen molar-refractivity contribution in [3.63, 3.8) is 0 Å². The molecule has 0 saturated carbocycles. The van der Waals surface area contributed by atoms with E-state index < -0.39 is 10.8 Å². The van der Waals surface area contributed by atoms with Gasteiger partial charge in [0.05, 0.1) is 10.6 Å². The van der Waals surface area contributed by atoms with Crippen LogP contribution in [-0.4, -0.2) is 25.8 Å². The maximum Gasteiger partial charge on any atom is 0.291 e. The minimum Gasteiger partial charge on any atom is -0.451 e. The summed E-state index contributed by atoms with van der Waals surface area (Å²) in [7, 11) is 0. The number of aryl methyl sites for hydroxylation is 2. The summed E-state index contributed by atoms with van der Waals surface area (Å²) in [6.07, 6.45) is 0. The molecule has 3 aromatic carbocycles. The normalized spacial score (nSPS) is 11.0. The number of rotatable bonds is 5. The number of hydrogen-bond donors (Lipinski definition) is 1. The molecule has 0 radical (unpaired) electrons. The van der Waals surface area contributed by atoms with Crippen molar-refractivity contribution in [3.05, 3.63) is 99.8 Å². The van der Waals surface area contributed by atoms with Crippen LogP contribution in [0.15, 0.2) is 77.2 Å². The molecular formula is C25H19N5O4. The highest BCUT2D eigenvalue weighted by atomic mass is 16.6. The number of carbonyl (C=O) groups is 1. The standard InChI is InChI=1S/C25H19N5O4/c1-15-7-8-17(29-27-20-5-3-4-6-21(20)28-29)14-22(15)26-25(31)24-12-11-23(34-24)19-10-9-18(30(32)33)13-16(19)2/h3-14H,1-2H3,(H,26,31). The van der Waals surface area contributed by atoms with Gasteiger partial charge in [0.25, 0.3) is 11.6 Å². The molecule has 9 heteroatoms. The maximum atomic E-state index is 12.9. The molecule has 1 N–H and O–H groups in total. The molecule has 34 heavy (non-hydrogen) atoms. The number of furan rings is 1. The Bertz CT molecular complexity index is 1530. The average Bonchev–Trinajstić information content (AvgIpc) is 3.48. The number of hydrogen-bond acceptors (Lipinski definition) is 6. The van der Waals surface area contributed by atoms with E-state index in [9.17, 15) is 14.9 Å². The predicted molar refractivity (Wildman–Crippen MR) is 127 cm³/mol. The van der Waals surface area contributed by atoms with Gasteiger partial charge < -0.3 is 9.73 Å². The summed E-state index contributed by atoms with van der Waals surface area (Å²) >= 11 is 0. The highest BCUT2D eigenvalue weighted by Gasteiger charge is 2.17. The number of anilines is 1. The van der Waals surface area contributed by atoms with Gasteiger partial charge in [-0.15, -0.1) is 10.2 Å². The van der Waals surface area contributed by atoms with Gasteiger partial charge >= 0.3 is 0 Å². The van der Waals surface area contributed by atoms with E-state index in [1.807, 2.05) is 43.3 Å². The number of nitro benzene ring substituents is 1. The molecule has 0 bridgehead atoms. The van der Waals surface area contributed by atoms with Crippen LogP contribution >= 0.6 is 0 Å². The smallest absolute Gasteiger partial charge is 0.291 e. The minimum atomic E-state index is -0.449. The number of aromatic nitrogens is 3. The highest BCUT2D eigenvalue weighted by Crippen LogP contribution is 2.29. The van der Waals surface area contributed by atoms with Crippen LogP contribution in [0.5, 0.6) is 0 Å². The topological polar surface area (TPSA) is 116 Å². The van der Waals surface area contributed by atoms with Crippen molar-refractivity contribution < 1.29 is 14.1 Å². The fourth-order valence-electron chi connectivity index (χ4n) is 3.67. The number of carbonyl (C=O) groups excluding carboxylic acids is 1. The first-order valence-electron chi connectivity index (χ1n) is 10.5. The molecule has 0 aliphatic carbocycles. The van der Waals surface area contributed by atoms with Gasteiger partial charge in [-0.3, -0.25) is 14.9 Å². The zero-order valence-corrected chi connectivity index (χ0v) is 18.4. The number of nitrogens with zero attached hydrogens (tertiary/aromatic N) is 4. The lowest BCUT2D eigenvalue weighted by atomic mass is 10.1. The fourth-order valence-corrected chi connectivity index (χ4v) is 3.67. The van der Waals surface area contributed by atoms with E-state index in [-0.39, 0.29) is 11.4 Å². The van der Waals surface area contributed by atoms with E-state index in [4.69, 9.17) is 4.42 Å². The van der Waals surface area contributed by atoms with Crippen LogP contribution in [0.1, 0.15) is 21.7 Å². The van der Waals surface area contributed by atoms with Crippen LogP contribution in [0.3, 0.4) is 0 Å². The highest BCUT2D eigenvalue weighted by molar-refractivity contribution is 6.03. The van der Waals surface area contributed by atoms with Gasteiger partial charge in [0, 0.05) is 23.4 Å². The Morgan fingerprint density at radius 2 is 1.68 bits per heavy atom. The summed E-state index contributed by atoms with van der Waals surface area (Å²) < 4.78 is 5.77. The Hall–Kier alpha value is -4.79. The van der Waals surface area contributed by atoms with Crippen LogP contribution in [0.2, 0.25) is 0 Å². The third-order valence-electron chi connectivity index (χ3n) is 5.50. The van der Waals surface area contributed by atoms with Crippen molar-refractivity contribution in [2.24, 2.45) is 0 Å². The van der Waals surface area contributed by atoms with Crippen molar-refractivity contribution in [1.82, 2.24) is 15.0 Å². The molecule has 0 saturated heterocycles. The molecule has 2 aromatic heterocycles. The Kier molecular flexibility index (Phi) is 5.14. The fraction of sp³-hybridized carbons (Fsp3) is 0.0800. The van der Waals surface area contributed by atoms with Gasteiger partial charge in [0.1, 0.15) is 16.8 Å². The number of benzene rings is 3. The molecule has 0 aliphatic heterocycles. The van der Waals surface area contributed by atoms with Crippen LogP contribution in [0, 0.1) is 24.0 Å². The van der Waals surface area contributed by atoms with Gasteiger partial charge in [0.2, 0.25) is 0 Å². The lowest BCUT2D eigenvalue weighted by Gasteiger charge is -2.09. The minimum absolute atomic E-state index is 0.000646. The van der Waals surface area contributed by atoms with Crippen LogP contribution in [-0.2, 0) is 0 Å². The molecule has 0 fully saturated rings. The summed E-state index contributed by atoms with van der Waals surface area (Å²) in [5, 5.41) is 22.8. The van der Waals surface area contributed by atoms with Gasteiger partial charge in [-0.2, -0.15) is 4.80 Å². The van der Waals surface area contributed by atoms with E-state index in [1.165, 1.54) is 16.9 Å². The van der Waals surface area contributed by atoms with Crippen LogP contribution < -0.4 is 5.32 Å². The molecule has 0 spiro atoms. The summed E-state index contributed by atoms with van der Waals surface area (Å²) in [5.74, 6) is 0.167. The first-order chi connectivity index (χ1) is 16.4. The third-order valence-corrected chi connectivity index (χ3v) is 5.50. The Balaban J connectivity index is 1.39. The number of non-ortho nitro benzene ring substituents is 1. The van der Waals surface area contributed by atoms with Crippen LogP contribution in [0.4, 0.5) is 11.4 Å². The van der Waals surface area contributed by atoms with Gasteiger partial charge in [-0.1, -0.05) is 18.2 Å². The summed E-state index contributed by atoms with van der Waals surface area (Å²) in [6.45, 7) is 3.65. The third kappa shape index (κ3) is 3.90. The van der Waals surface area contributed by atoms with Crippen molar-refractivity contribution in [2.75, 3.05) is 5.32 Å². The van der Waals surface area contributed by atoms with E-state index in [0.29, 0.717) is 28.3 Å². The van der Waals surface area contributed by atoms with E-state index >= 15 is 0 Å². The maximum absolute atomic E-state index is 12.9. The summed E-state index contributed by atoms with van der Waals surface area (Å²) in [5.41, 5.74) is 5.09. The van der Waals surface area contributed by atoms with Crippen molar-refractivity contribution >= 4 is 28.3 Å². The Morgan fingerprint density at radius 3 is 2.35 bits per heavy atom. The second-order valence-corrected chi connectivity index (χ2v) is 7.85. The Morgan fingerprint density at radius 1 is 0.941 bits per heavy atom. The van der Waals surface area contributed by atoms with E-state index in [2.05, 4.69) is 15.5 Å². The molecule has 5 aromatic rings. The van der Waals surface area contributed by atoms with E-state index in [1.54, 1.807) is 31.2 Å². The van der Waals surface area contributed by atoms with Gasteiger partial charge in [-0.25, -0.2) is 0 Å². The lowest BCUT2D eigenvalue weighted by Crippen LogP contribution is -2.12. The van der Waals surface area contributed by atoms with Crippen molar-refractivity contribution in [2.45, 2.75) is 13.8 Å². The van der Waals surface area contributed by atoms with Gasteiger partial charge in [-0.05, 0) is 67.4 Å². The first kappa shape index (κ1) is 21.1. The molecule has 9 nitrogen and oxygen atoms in total. The zero-order valence-electron chi connectivity index (χ0n) is 18.4. The largest absolute Gasteiger partial charge is 0.451 e. The predicted octanol–water partition coefficient (Wildman–Crippen LogP) is 5.46. The summed E-state index contributed by atoms with van der Waals surface area (Å²) in [4.78, 5) is 25.0. The van der Waals surface area contributed by atoms with E-state index in [0.717, 1.165) is 16.6 Å².